The number of ketones is 1. The summed E-state index contributed by atoms with van der Waals surface area (Å²) in [6.45, 7) is 7.26. The first kappa shape index (κ1) is 23.5. The van der Waals surface area contributed by atoms with Crippen LogP contribution in [0, 0.1) is 0 Å². The molecule has 1 heterocycles. The Morgan fingerprint density at radius 2 is 1.58 bits per heavy atom. The molecule has 0 saturated carbocycles. The number of carbonyl (C=O) groups excluding carboxylic acids is 1. The molecule has 6 heteroatoms. The molecule has 0 unspecified atom stereocenters. The van der Waals surface area contributed by atoms with E-state index in [2.05, 4.69) is 20.8 Å². The molecule has 1 N–H and O–H groups in total. The molecule has 1 fully saturated rings. The summed E-state index contributed by atoms with van der Waals surface area (Å²) in [6, 6.07) is 13.4. The smallest absolute Gasteiger partial charge is 0.382 e. The molecule has 3 rings (SSSR count). The Morgan fingerprint density at radius 3 is 2.13 bits per heavy atom. The average molecular weight is 434 g/mol. The topological polar surface area (TPSA) is 40.5 Å². The summed E-state index contributed by atoms with van der Waals surface area (Å²) >= 11 is 0. The second-order valence-corrected chi connectivity index (χ2v) is 9.51. The third-order valence-corrected chi connectivity index (χ3v) is 6.10. The van der Waals surface area contributed by atoms with Crippen LogP contribution in [0.25, 0.3) is 0 Å². The zero-order valence-corrected chi connectivity index (χ0v) is 18.3. The quantitative estimate of drug-likeness (QED) is 0.710. The molecule has 1 aliphatic heterocycles. The van der Waals surface area contributed by atoms with E-state index in [0.717, 1.165) is 11.6 Å². The van der Waals surface area contributed by atoms with Gasteiger partial charge in [-0.25, -0.2) is 0 Å². The van der Waals surface area contributed by atoms with Crippen molar-refractivity contribution in [2.45, 2.75) is 63.8 Å². The summed E-state index contributed by atoms with van der Waals surface area (Å²) in [5.41, 5.74) is 0.209. The highest BCUT2D eigenvalue weighted by Crippen LogP contribution is 2.33. The average Bonchev–Trinajstić information content (AvgIpc) is 2.69. The van der Waals surface area contributed by atoms with Crippen molar-refractivity contribution in [1.82, 2.24) is 4.90 Å². The fourth-order valence-electron chi connectivity index (χ4n) is 4.01. The van der Waals surface area contributed by atoms with Gasteiger partial charge in [-0.15, -0.1) is 0 Å². The van der Waals surface area contributed by atoms with E-state index < -0.39 is 17.3 Å². The van der Waals surface area contributed by atoms with E-state index in [-0.39, 0.29) is 42.6 Å². The molecular weight excluding hydrogens is 403 g/mol. The first-order valence-corrected chi connectivity index (χ1v) is 10.6. The van der Waals surface area contributed by atoms with Gasteiger partial charge in [0.15, 0.2) is 5.78 Å². The Bertz CT molecular complexity index is 906. The molecule has 0 radical (unpaired) electrons. The molecule has 2 aromatic carbocycles. The summed E-state index contributed by atoms with van der Waals surface area (Å²) in [7, 11) is 0. The van der Waals surface area contributed by atoms with Crippen molar-refractivity contribution in [1.29, 1.82) is 0 Å². The summed E-state index contributed by atoms with van der Waals surface area (Å²) in [5.74, 6) is -0.230. The molecule has 0 atom stereocenters. The van der Waals surface area contributed by atoms with Gasteiger partial charge in [-0.3, -0.25) is 9.69 Å². The minimum Gasteiger partial charge on any atom is -0.382 e. The third-order valence-electron chi connectivity index (χ3n) is 6.10. The lowest BCUT2D eigenvalue weighted by Gasteiger charge is -2.37. The summed E-state index contributed by atoms with van der Waals surface area (Å²) < 4.78 is 39.7. The number of halogens is 3. The van der Waals surface area contributed by atoms with Crippen LogP contribution in [0.3, 0.4) is 0 Å². The van der Waals surface area contributed by atoms with Gasteiger partial charge in [0.2, 0.25) is 0 Å². The second-order valence-electron chi connectivity index (χ2n) is 9.51. The number of piperidine rings is 1. The number of benzene rings is 2. The fourth-order valence-corrected chi connectivity index (χ4v) is 4.01. The van der Waals surface area contributed by atoms with Crippen LogP contribution >= 0.6 is 0 Å². The van der Waals surface area contributed by atoms with Crippen LogP contribution in [-0.2, 0) is 29.4 Å². The SMILES string of the molecule is CC(C)(C)c1ccc(CC(=O)C2(O)CCN(Cc3ccccc3C(F)(F)F)CC2)cc1. The maximum absolute atomic E-state index is 13.2. The fraction of sp³-hybridized carbons (Fsp3) is 0.480. The van der Waals surface area contributed by atoms with E-state index in [9.17, 15) is 23.1 Å². The van der Waals surface area contributed by atoms with Crippen LogP contribution in [0.15, 0.2) is 48.5 Å². The van der Waals surface area contributed by atoms with E-state index in [4.69, 9.17) is 0 Å². The first-order chi connectivity index (χ1) is 14.4. The van der Waals surface area contributed by atoms with Crippen LogP contribution in [0.1, 0.15) is 55.9 Å². The van der Waals surface area contributed by atoms with Gasteiger partial charge in [0.1, 0.15) is 5.60 Å². The number of rotatable bonds is 5. The van der Waals surface area contributed by atoms with Crippen LogP contribution in [0.2, 0.25) is 0 Å². The van der Waals surface area contributed by atoms with E-state index in [1.54, 1.807) is 6.07 Å². The number of hydrogen-bond acceptors (Lipinski definition) is 3. The highest BCUT2D eigenvalue weighted by atomic mass is 19.4. The molecule has 2 aromatic rings. The Balaban J connectivity index is 1.60. The number of aliphatic hydroxyl groups is 1. The van der Waals surface area contributed by atoms with Gasteiger partial charge in [-0.2, -0.15) is 13.2 Å². The number of likely N-dealkylation sites (tertiary alicyclic amines) is 1. The monoisotopic (exact) mass is 433 g/mol. The molecule has 0 amide bonds. The van der Waals surface area contributed by atoms with Gasteiger partial charge in [0.05, 0.1) is 5.56 Å². The molecule has 0 aliphatic carbocycles. The summed E-state index contributed by atoms with van der Waals surface area (Å²) in [4.78, 5) is 14.7. The predicted octanol–water partition coefficient (Wildman–Crippen LogP) is 5.14. The largest absolute Gasteiger partial charge is 0.416 e. The van der Waals surface area contributed by atoms with Gasteiger partial charge in [-0.1, -0.05) is 63.2 Å². The zero-order valence-electron chi connectivity index (χ0n) is 18.3. The molecule has 0 spiro atoms. The normalized spacial score (nSPS) is 17.5. The van der Waals surface area contributed by atoms with Gasteiger partial charge < -0.3 is 5.11 Å². The van der Waals surface area contributed by atoms with Crippen molar-refractivity contribution in [3.05, 3.63) is 70.8 Å². The van der Waals surface area contributed by atoms with Crippen LogP contribution in [0.5, 0.6) is 0 Å². The van der Waals surface area contributed by atoms with Gasteiger partial charge in [0, 0.05) is 26.1 Å². The van der Waals surface area contributed by atoms with Crippen molar-refractivity contribution in [3.63, 3.8) is 0 Å². The molecule has 0 bridgehead atoms. The molecule has 3 nitrogen and oxygen atoms in total. The number of hydrogen-bond donors (Lipinski definition) is 1. The Kier molecular flexibility index (Phi) is 6.63. The molecule has 168 valence electrons. The van der Waals surface area contributed by atoms with E-state index in [1.807, 2.05) is 29.2 Å². The Morgan fingerprint density at radius 1 is 1.00 bits per heavy atom. The maximum atomic E-state index is 13.2. The molecule has 31 heavy (non-hydrogen) atoms. The lowest BCUT2D eigenvalue weighted by Crippen LogP contribution is -2.49. The van der Waals surface area contributed by atoms with E-state index in [0.29, 0.717) is 13.1 Å². The standard InChI is InChI=1S/C25H30F3NO2/c1-23(2,3)20-10-8-18(9-11-20)16-22(30)24(31)12-14-29(15-13-24)17-19-6-4-5-7-21(19)25(26,27)28/h4-11,31H,12-17H2,1-3H3. The minimum atomic E-state index is -4.40. The van der Waals surface area contributed by atoms with E-state index in [1.165, 1.54) is 17.7 Å². The van der Waals surface area contributed by atoms with Crippen molar-refractivity contribution in [2.75, 3.05) is 13.1 Å². The predicted molar refractivity (Wildman–Crippen MR) is 115 cm³/mol. The highest BCUT2D eigenvalue weighted by molar-refractivity contribution is 5.89. The van der Waals surface area contributed by atoms with Gasteiger partial charge >= 0.3 is 6.18 Å². The zero-order chi connectivity index (χ0) is 22.9. The molecule has 1 aliphatic rings. The lowest BCUT2D eigenvalue weighted by molar-refractivity contribution is -0.142. The molecule has 1 saturated heterocycles. The lowest BCUT2D eigenvalue weighted by atomic mass is 9.83. The van der Waals surface area contributed by atoms with Crippen molar-refractivity contribution >= 4 is 5.78 Å². The van der Waals surface area contributed by atoms with Crippen molar-refractivity contribution in [3.8, 4) is 0 Å². The number of nitrogens with zero attached hydrogens (tertiary/aromatic N) is 1. The van der Waals surface area contributed by atoms with Gasteiger partial charge in [-0.05, 0) is 41.0 Å². The minimum absolute atomic E-state index is 0.0261. The van der Waals surface area contributed by atoms with Crippen molar-refractivity contribution < 1.29 is 23.1 Å². The van der Waals surface area contributed by atoms with Crippen molar-refractivity contribution in [2.24, 2.45) is 0 Å². The second kappa shape index (κ2) is 8.75. The first-order valence-electron chi connectivity index (χ1n) is 10.6. The highest BCUT2D eigenvalue weighted by Gasteiger charge is 2.39. The number of carbonyl (C=O) groups is 1. The van der Waals surface area contributed by atoms with Gasteiger partial charge in [0.25, 0.3) is 0 Å². The van der Waals surface area contributed by atoms with Crippen LogP contribution < -0.4 is 0 Å². The Labute approximate surface area is 181 Å². The Hall–Kier alpha value is -2.18. The molecular formula is C25H30F3NO2. The third kappa shape index (κ3) is 5.74. The number of alkyl halides is 3. The van der Waals surface area contributed by atoms with E-state index >= 15 is 0 Å². The number of Topliss-reactive ketones (excluding diaryl/α,β-unsaturated/α-hetero) is 1. The summed E-state index contributed by atoms with van der Waals surface area (Å²) in [6.07, 6.45) is -3.80. The van der Waals surface area contributed by atoms with Crippen LogP contribution in [0.4, 0.5) is 13.2 Å². The summed E-state index contributed by atoms with van der Waals surface area (Å²) in [5, 5.41) is 10.9. The van der Waals surface area contributed by atoms with Crippen LogP contribution in [-0.4, -0.2) is 34.5 Å². The maximum Gasteiger partial charge on any atom is 0.416 e. The molecule has 0 aromatic heterocycles.